The number of nitrogens with one attached hydrogen (secondary N) is 1. The first kappa shape index (κ1) is 15.6. The molecule has 0 atom stereocenters. The Morgan fingerprint density at radius 3 is 2.86 bits per heavy atom. The minimum absolute atomic E-state index is 0.110. The first-order valence-electron chi connectivity index (χ1n) is 6.30. The zero-order chi connectivity index (χ0) is 15.2. The molecule has 0 radical (unpaired) electrons. The van der Waals surface area contributed by atoms with E-state index >= 15 is 0 Å². The van der Waals surface area contributed by atoms with E-state index in [9.17, 15) is 4.79 Å². The third-order valence-electron chi connectivity index (χ3n) is 2.88. The Hall–Kier alpha value is -1.78. The molecule has 21 heavy (non-hydrogen) atoms. The average molecular weight is 325 g/mol. The van der Waals surface area contributed by atoms with Gasteiger partial charge in [-0.2, -0.15) is 0 Å². The van der Waals surface area contributed by atoms with Gasteiger partial charge in [0.25, 0.3) is 5.91 Å². The Balaban J connectivity index is 1.84. The maximum Gasteiger partial charge on any atom is 0.258 e. The van der Waals surface area contributed by atoms with Gasteiger partial charge in [0.2, 0.25) is 0 Å². The maximum absolute atomic E-state index is 11.8. The monoisotopic (exact) mass is 324 g/mol. The van der Waals surface area contributed by atoms with Gasteiger partial charge in [0.05, 0.1) is 5.02 Å². The van der Waals surface area contributed by atoms with Gasteiger partial charge in [-0.05, 0) is 42.3 Å². The van der Waals surface area contributed by atoms with Gasteiger partial charge in [-0.1, -0.05) is 23.2 Å². The fraction of sp³-hybridized carbons (Fsp3) is 0.200. The molecule has 0 aliphatic carbocycles. The first-order valence-corrected chi connectivity index (χ1v) is 7.06. The van der Waals surface area contributed by atoms with Crippen LogP contribution in [0.5, 0.6) is 5.75 Å². The molecule has 4 nitrogen and oxygen atoms in total. The van der Waals surface area contributed by atoms with Crippen LogP contribution in [0.2, 0.25) is 10.0 Å². The zero-order valence-electron chi connectivity index (χ0n) is 11.4. The molecule has 1 aromatic carbocycles. The SMILES string of the molecule is Cc1ccncc1CNC(=O)COc1ccc(Cl)cc1Cl. The average Bonchev–Trinajstić information content (AvgIpc) is 2.45. The fourth-order valence-electron chi connectivity index (χ4n) is 1.66. The molecule has 110 valence electrons. The lowest BCUT2D eigenvalue weighted by Crippen LogP contribution is -2.28. The van der Waals surface area contributed by atoms with Crippen LogP contribution in [0.3, 0.4) is 0 Å². The lowest BCUT2D eigenvalue weighted by Gasteiger charge is -2.10. The van der Waals surface area contributed by atoms with Crippen LogP contribution >= 0.6 is 23.2 Å². The van der Waals surface area contributed by atoms with Crippen molar-refractivity contribution in [3.8, 4) is 5.75 Å². The van der Waals surface area contributed by atoms with Crippen LogP contribution in [0.25, 0.3) is 0 Å². The van der Waals surface area contributed by atoms with Crippen molar-refractivity contribution in [2.45, 2.75) is 13.5 Å². The van der Waals surface area contributed by atoms with Gasteiger partial charge < -0.3 is 10.1 Å². The second-order valence-corrected chi connectivity index (χ2v) is 5.29. The van der Waals surface area contributed by atoms with Crippen molar-refractivity contribution in [2.75, 3.05) is 6.61 Å². The largest absolute Gasteiger partial charge is 0.482 e. The van der Waals surface area contributed by atoms with Crippen LogP contribution in [0.4, 0.5) is 0 Å². The van der Waals surface area contributed by atoms with E-state index in [1.165, 1.54) is 0 Å². The fourth-order valence-corrected chi connectivity index (χ4v) is 2.13. The normalized spacial score (nSPS) is 10.2. The summed E-state index contributed by atoms with van der Waals surface area (Å²) in [5.41, 5.74) is 2.04. The minimum Gasteiger partial charge on any atom is -0.482 e. The summed E-state index contributed by atoms with van der Waals surface area (Å²) in [7, 11) is 0. The summed E-state index contributed by atoms with van der Waals surface area (Å²) in [6.45, 7) is 2.27. The molecule has 0 fully saturated rings. The Labute approximate surface area is 133 Å². The highest BCUT2D eigenvalue weighted by atomic mass is 35.5. The molecule has 0 bridgehead atoms. The molecule has 0 saturated heterocycles. The molecule has 1 amide bonds. The summed E-state index contributed by atoms with van der Waals surface area (Å²) in [5, 5.41) is 3.66. The van der Waals surface area contributed by atoms with Crippen LogP contribution in [-0.2, 0) is 11.3 Å². The highest BCUT2D eigenvalue weighted by Gasteiger charge is 2.07. The van der Waals surface area contributed by atoms with Crippen molar-refractivity contribution in [3.63, 3.8) is 0 Å². The molecule has 0 saturated carbocycles. The number of pyridine rings is 1. The van der Waals surface area contributed by atoms with Crippen LogP contribution in [0, 0.1) is 6.92 Å². The Morgan fingerprint density at radius 2 is 2.14 bits per heavy atom. The molecule has 2 rings (SSSR count). The van der Waals surface area contributed by atoms with Crippen LogP contribution in [-0.4, -0.2) is 17.5 Å². The molecule has 1 aromatic heterocycles. The number of aromatic nitrogens is 1. The number of amides is 1. The number of nitrogens with zero attached hydrogens (tertiary/aromatic N) is 1. The predicted molar refractivity (Wildman–Crippen MR) is 82.8 cm³/mol. The van der Waals surface area contributed by atoms with Gasteiger partial charge in [-0.15, -0.1) is 0 Å². The van der Waals surface area contributed by atoms with E-state index in [2.05, 4.69) is 10.3 Å². The molecule has 0 aliphatic rings. The lowest BCUT2D eigenvalue weighted by molar-refractivity contribution is -0.123. The van der Waals surface area contributed by atoms with E-state index in [0.29, 0.717) is 22.3 Å². The smallest absolute Gasteiger partial charge is 0.258 e. The van der Waals surface area contributed by atoms with E-state index in [0.717, 1.165) is 11.1 Å². The van der Waals surface area contributed by atoms with E-state index in [1.807, 2.05) is 13.0 Å². The number of carbonyl (C=O) groups excluding carboxylic acids is 1. The van der Waals surface area contributed by atoms with Gasteiger partial charge >= 0.3 is 0 Å². The number of carbonyl (C=O) groups is 1. The van der Waals surface area contributed by atoms with E-state index < -0.39 is 0 Å². The third kappa shape index (κ3) is 4.62. The van der Waals surface area contributed by atoms with Crippen molar-refractivity contribution < 1.29 is 9.53 Å². The van der Waals surface area contributed by atoms with Gasteiger partial charge in [0, 0.05) is 24.0 Å². The maximum atomic E-state index is 11.8. The van der Waals surface area contributed by atoms with E-state index in [4.69, 9.17) is 27.9 Å². The van der Waals surface area contributed by atoms with Crippen molar-refractivity contribution in [1.29, 1.82) is 0 Å². The second-order valence-electron chi connectivity index (χ2n) is 4.44. The number of aryl methyl sites for hydroxylation is 1. The number of hydrogen-bond acceptors (Lipinski definition) is 3. The molecular weight excluding hydrogens is 311 g/mol. The number of halogens is 2. The number of ether oxygens (including phenoxy) is 1. The second kappa shape index (κ2) is 7.29. The van der Waals surface area contributed by atoms with Crippen LogP contribution in [0.15, 0.2) is 36.7 Å². The van der Waals surface area contributed by atoms with Gasteiger partial charge in [-0.3, -0.25) is 9.78 Å². The first-order chi connectivity index (χ1) is 10.1. The summed E-state index contributed by atoms with van der Waals surface area (Å²) >= 11 is 11.7. The predicted octanol–water partition coefficient (Wildman–Crippen LogP) is 3.39. The van der Waals surface area contributed by atoms with Crippen LogP contribution in [0.1, 0.15) is 11.1 Å². The summed E-state index contributed by atoms with van der Waals surface area (Å²) in [5.74, 6) is 0.193. The standard InChI is InChI=1S/C15H14Cl2N2O2/c1-10-4-5-18-7-11(10)8-19-15(20)9-21-14-3-2-12(16)6-13(14)17/h2-7H,8-9H2,1H3,(H,19,20). The summed E-state index contributed by atoms with van der Waals surface area (Å²) in [6.07, 6.45) is 3.44. The van der Waals surface area contributed by atoms with Crippen molar-refractivity contribution in [3.05, 3.63) is 57.8 Å². The van der Waals surface area contributed by atoms with E-state index in [-0.39, 0.29) is 12.5 Å². The summed E-state index contributed by atoms with van der Waals surface area (Å²) < 4.78 is 5.35. The molecule has 2 aromatic rings. The molecule has 6 heteroatoms. The van der Waals surface area contributed by atoms with Gasteiger partial charge in [0.15, 0.2) is 6.61 Å². The van der Waals surface area contributed by atoms with Gasteiger partial charge in [-0.25, -0.2) is 0 Å². The third-order valence-corrected chi connectivity index (χ3v) is 3.41. The quantitative estimate of drug-likeness (QED) is 0.917. The molecule has 1 N–H and O–H groups in total. The molecule has 0 aliphatic heterocycles. The number of benzene rings is 1. The van der Waals surface area contributed by atoms with Crippen molar-refractivity contribution >= 4 is 29.1 Å². The van der Waals surface area contributed by atoms with Crippen molar-refractivity contribution in [2.24, 2.45) is 0 Å². The van der Waals surface area contributed by atoms with Gasteiger partial charge in [0.1, 0.15) is 5.75 Å². The van der Waals surface area contributed by atoms with Crippen LogP contribution < -0.4 is 10.1 Å². The van der Waals surface area contributed by atoms with Crippen molar-refractivity contribution in [1.82, 2.24) is 10.3 Å². The summed E-state index contributed by atoms with van der Waals surface area (Å²) in [6, 6.07) is 6.74. The zero-order valence-corrected chi connectivity index (χ0v) is 12.9. The Bertz CT molecular complexity index is 647. The molecule has 1 heterocycles. The highest BCUT2D eigenvalue weighted by molar-refractivity contribution is 6.35. The summed E-state index contributed by atoms with van der Waals surface area (Å²) in [4.78, 5) is 15.8. The number of rotatable bonds is 5. The minimum atomic E-state index is -0.232. The number of hydrogen-bond donors (Lipinski definition) is 1. The highest BCUT2D eigenvalue weighted by Crippen LogP contribution is 2.27. The van der Waals surface area contributed by atoms with E-state index in [1.54, 1.807) is 30.6 Å². The Morgan fingerprint density at radius 1 is 1.33 bits per heavy atom. The lowest BCUT2D eigenvalue weighted by atomic mass is 10.1. The molecular formula is C15H14Cl2N2O2. The molecule has 0 unspecified atom stereocenters. The Kier molecular flexibility index (Phi) is 5.42. The topological polar surface area (TPSA) is 51.2 Å². The molecule has 0 spiro atoms.